The normalized spacial score (nSPS) is 17.8. The first-order chi connectivity index (χ1) is 11.8. The van der Waals surface area contributed by atoms with Crippen molar-refractivity contribution in [3.63, 3.8) is 0 Å². The van der Waals surface area contributed by atoms with Crippen molar-refractivity contribution in [1.29, 1.82) is 0 Å². The quantitative estimate of drug-likeness (QED) is 0.289. The van der Waals surface area contributed by atoms with Crippen LogP contribution in [0.2, 0.25) is 0 Å². The lowest BCUT2D eigenvalue weighted by atomic mass is 9.98. The minimum absolute atomic E-state index is 0.245. The highest BCUT2D eigenvalue weighted by atomic mass is 16.7. The van der Waals surface area contributed by atoms with Gasteiger partial charge >= 0.3 is 0 Å². The Morgan fingerprint density at radius 2 is 0.917 bits per heavy atom. The number of hydrogen-bond donors (Lipinski definition) is 0. The van der Waals surface area contributed by atoms with Gasteiger partial charge in [-0.3, -0.25) is 0 Å². The SMILES string of the molecule is CCCCCCCCCCC1(CCCCCCC)OCCCCO1. The molecule has 0 bridgehead atoms. The Hall–Kier alpha value is -0.0800. The zero-order valence-corrected chi connectivity index (χ0v) is 16.8. The summed E-state index contributed by atoms with van der Waals surface area (Å²) in [6, 6.07) is 0. The van der Waals surface area contributed by atoms with Crippen LogP contribution in [0.1, 0.15) is 123 Å². The molecule has 1 aliphatic rings. The van der Waals surface area contributed by atoms with Gasteiger partial charge in [0.1, 0.15) is 0 Å². The van der Waals surface area contributed by atoms with E-state index >= 15 is 0 Å². The maximum atomic E-state index is 6.23. The van der Waals surface area contributed by atoms with Crippen LogP contribution in [0.15, 0.2) is 0 Å². The first kappa shape index (κ1) is 22.0. The van der Waals surface area contributed by atoms with Crippen LogP contribution in [-0.4, -0.2) is 19.0 Å². The Kier molecular flexibility index (Phi) is 13.9. The standard InChI is InChI=1S/C22H44O2/c1-3-5-7-9-10-11-13-15-19-22(18-14-12-8-6-4-2)23-20-16-17-21-24-22/h3-21H2,1-2H3. The van der Waals surface area contributed by atoms with Crippen molar-refractivity contribution in [3.05, 3.63) is 0 Å². The molecule has 2 heteroatoms. The second-order valence-corrected chi connectivity index (χ2v) is 7.70. The average molecular weight is 341 g/mol. The lowest BCUT2D eigenvalue weighted by Gasteiger charge is -2.32. The molecular formula is C22H44O2. The van der Waals surface area contributed by atoms with Gasteiger partial charge in [0.2, 0.25) is 0 Å². The first-order valence-electron chi connectivity index (χ1n) is 11.1. The molecule has 0 aromatic heterocycles. The van der Waals surface area contributed by atoms with Crippen LogP contribution in [-0.2, 0) is 9.47 Å². The molecule has 0 unspecified atom stereocenters. The van der Waals surface area contributed by atoms with E-state index in [1.54, 1.807) is 0 Å². The van der Waals surface area contributed by atoms with Gasteiger partial charge in [-0.25, -0.2) is 0 Å². The molecule has 0 aliphatic carbocycles. The predicted octanol–water partition coefficient (Wildman–Crippen LogP) is 7.40. The van der Waals surface area contributed by atoms with Crippen LogP contribution in [0.4, 0.5) is 0 Å². The van der Waals surface area contributed by atoms with Crippen molar-refractivity contribution >= 4 is 0 Å². The highest BCUT2D eigenvalue weighted by Crippen LogP contribution is 2.31. The molecule has 0 saturated carbocycles. The summed E-state index contributed by atoms with van der Waals surface area (Å²) in [5.74, 6) is -0.245. The lowest BCUT2D eigenvalue weighted by molar-refractivity contribution is -0.234. The van der Waals surface area contributed by atoms with Crippen molar-refractivity contribution in [3.8, 4) is 0 Å². The van der Waals surface area contributed by atoms with Crippen LogP contribution >= 0.6 is 0 Å². The maximum absolute atomic E-state index is 6.23. The van der Waals surface area contributed by atoms with Gasteiger partial charge < -0.3 is 9.47 Å². The van der Waals surface area contributed by atoms with E-state index in [9.17, 15) is 0 Å². The van der Waals surface area contributed by atoms with Crippen LogP contribution in [0, 0.1) is 0 Å². The molecule has 0 spiro atoms. The van der Waals surface area contributed by atoms with Gasteiger partial charge in [-0.1, -0.05) is 84.5 Å². The molecule has 1 fully saturated rings. The number of rotatable bonds is 15. The van der Waals surface area contributed by atoms with E-state index < -0.39 is 0 Å². The molecule has 1 heterocycles. The molecule has 0 aromatic rings. The Balaban J connectivity index is 2.20. The number of unbranched alkanes of at least 4 members (excludes halogenated alkanes) is 11. The zero-order valence-electron chi connectivity index (χ0n) is 16.8. The van der Waals surface area contributed by atoms with Crippen molar-refractivity contribution in [1.82, 2.24) is 0 Å². The Morgan fingerprint density at radius 1 is 0.542 bits per heavy atom. The monoisotopic (exact) mass is 340 g/mol. The van der Waals surface area contributed by atoms with Gasteiger partial charge in [0.25, 0.3) is 0 Å². The van der Waals surface area contributed by atoms with Crippen LogP contribution in [0.5, 0.6) is 0 Å². The number of ether oxygens (including phenoxy) is 2. The van der Waals surface area contributed by atoms with Gasteiger partial charge in [-0.15, -0.1) is 0 Å². The third kappa shape index (κ3) is 10.7. The molecule has 1 rings (SSSR count). The first-order valence-corrected chi connectivity index (χ1v) is 11.1. The third-order valence-electron chi connectivity index (χ3n) is 5.34. The fourth-order valence-electron chi connectivity index (χ4n) is 3.70. The van der Waals surface area contributed by atoms with Gasteiger partial charge in [-0.2, -0.15) is 0 Å². The van der Waals surface area contributed by atoms with Gasteiger partial charge in [0.15, 0.2) is 5.79 Å². The minimum atomic E-state index is -0.245. The summed E-state index contributed by atoms with van der Waals surface area (Å²) < 4.78 is 12.5. The van der Waals surface area contributed by atoms with Crippen molar-refractivity contribution in [2.45, 2.75) is 129 Å². The van der Waals surface area contributed by atoms with E-state index in [-0.39, 0.29) is 5.79 Å². The Bertz CT molecular complexity index is 257. The lowest BCUT2D eigenvalue weighted by Crippen LogP contribution is -2.35. The van der Waals surface area contributed by atoms with Gasteiger partial charge in [0.05, 0.1) is 13.2 Å². The van der Waals surface area contributed by atoms with E-state index in [0.717, 1.165) is 38.9 Å². The minimum Gasteiger partial charge on any atom is -0.350 e. The molecule has 24 heavy (non-hydrogen) atoms. The Morgan fingerprint density at radius 3 is 1.33 bits per heavy atom. The summed E-state index contributed by atoms with van der Waals surface area (Å²) in [5.41, 5.74) is 0. The zero-order chi connectivity index (χ0) is 17.3. The van der Waals surface area contributed by atoms with E-state index in [2.05, 4.69) is 13.8 Å². The molecule has 1 aliphatic heterocycles. The van der Waals surface area contributed by atoms with Crippen LogP contribution < -0.4 is 0 Å². The van der Waals surface area contributed by atoms with Crippen LogP contribution in [0.3, 0.4) is 0 Å². The topological polar surface area (TPSA) is 18.5 Å². The molecule has 0 aromatic carbocycles. The molecule has 0 amide bonds. The van der Waals surface area contributed by atoms with Gasteiger partial charge in [0, 0.05) is 12.8 Å². The van der Waals surface area contributed by atoms with Crippen molar-refractivity contribution < 1.29 is 9.47 Å². The average Bonchev–Trinajstić information content (AvgIpc) is 2.83. The third-order valence-corrected chi connectivity index (χ3v) is 5.34. The smallest absolute Gasteiger partial charge is 0.168 e. The fraction of sp³-hybridized carbons (Fsp3) is 1.00. The van der Waals surface area contributed by atoms with Crippen molar-refractivity contribution in [2.75, 3.05) is 13.2 Å². The molecule has 2 nitrogen and oxygen atoms in total. The summed E-state index contributed by atoms with van der Waals surface area (Å²) in [7, 11) is 0. The molecule has 1 saturated heterocycles. The summed E-state index contributed by atoms with van der Waals surface area (Å²) in [6.45, 7) is 6.35. The Labute approximate surface area is 152 Å². The van der Waals surface area contributed by atoms with E-state index in [4.69, 9.17) is 9.47 Å². The summed E-state index contributed by atoms with van der Waals surface area (Å²) in [6.07, 6.45) is 22.2. The largest absolute Gasteiger partial charge is 0.350 e. The second kappa shape index (κ2) is 15.2. The molecule has 0 radical (unpaired) electrons. The van der Waals surface area contributed by atoms with E-state index in [1.165, 1.54) is 83.5 Å². The predicted molar refractivity (Wildman–Crippen MR) is 104 cm³/mol. The maximum Gasteiger partial charge on any atom is 0.168 e. The van der Waals surface area contributed by atoms with Gasteiger partial charge in [-0.05, 0) is 25.7 Å². The molecule has 0 atom stereocenters. The van der Waals surface area contributed by atoms with E-state index in [1.807, 2.05) is 0 Å². The summed E-state index contributed by atoms with van der Waals surface area (Å²) in [5, 5.41) is 0. The second-order valence-electron chi connectivity index (χ2n) is 7.70. The van der Waals surface area contributed by atoms with Crippen molar-refractivity contribution in [2.24, 2.45) is 0 Å². The van der Waals surface area contributed by atoms with Crippen LogP contribution in [0.25, 0.3) is 0 Å². The summed E-state index contributed by atoms with van der Waals surface area (Å²) in [4.78, 5) is 0. The number of hydrogen-bond acceptors (Lipinski definition) is 2. The molecule has 144 valence electrons. The molecular weight excluding hydrogens is 296 g/mol. The fourth-order valence-corrected chi connectivity index (χ4v) is 3.70. The highest BCUT2D eigenvalue weighted by Gasteiger charge is 2.32. The summed E-state index contributed by atoms with van der Waals surface area (Å²) >= 11 is 0. The highest BCUT2D eigenvalue weighted by molar-refractivity contribution is 4.73. The van der Waals surface area contributed by atoms with E-state index in [0.29, 0.717) is 0 Å². The molecule has 0 N–H and O–H groups in total.